The monoisotopic (exact) mass is 203 g/mol. The number of nitrogens with zero attached hydrogens (tertiary/aromatic N) is 3. The number of hydrogen-bond acceptors (Lipinski definition) is 2. The van der Waals surface area contributed by atoms with Crippen LogP contribution in [0, 0.1) is 0 Å². The number of aromatic nitrogens is 3. The van der Waals surface area contributed by atoms with E-state index in [0.29, 0.717) is 12.0 Å². The van der Waals surface area contributed by atoms with E-state index in [1.54, 1.807) is 0 Å². The Morgan fingerprint density at radius 2 is 1.87 bits per heavy atom. The Kier molecular flexibility index (Phi) is 2.47. The molecule has 80 valence electrons. The first kappa shape index (κ1) is 10.1. The topological polar surface area (TPSA) is 30.7 Å². The summed E-state index contributed by atoms with van der Waals surface area (Å²) in [7, 11) is 0. The van der Waals surface area contributed by atoms with Gasteiger partial charge in [0.25, 0.3) is 0 Å². The zero-order valence-electron chi connectivity index (χ0n) is 9.73. The average molecular weight is 203 g/mol. The maximum atomic E-state index is 4.20. The van der Waals surface area contributed by atoms with E-state index in [-0.39, 0.29) is 0 Å². The first-order valence-corrected chi connectivity index (χ1v) is 5.45. The SMILES string of the molecule is CC(C)c1cccc2nnn(C(C)C)c12. The zero-order chi connectivity index (χ0) is 11.0. The molecule has 0 saturated carbocycles. The van der Waals surface area contributed by atoms with E-state index in [4.69, 9.17) is 0 Å². The smallest absolute Gasteiger partial charge is 0.113 e. The van der Waals surface area contributed by atoms with Crippen LogP contribution in [0.25, 0.3) is 11.0 Å². The summed E-state index contributed by atoms with van der Waals surface area (Å²) in [5.41, 5.74) is 3.50. The fraction of sp³-hybridized carbons (Fsp3) is 0.500. The van der Waals surface area contributed by atoms with Gasteiger partial charge in [0.2, 0.25) is 0 Å². The molecular formula is C12H17N3. The molecule has 0 bridgehead atoms. The summed E-state index contributed by atoms with van der Waals surface area (Å²) in [5.74, 6) is 0.504. The molecule has 1 aromatic carbocycles. The Labute approximate surface area is 90.1 Å². The molecule has 2 aromatic rings. The van der Waals surface area contributed by atoms with Crippen molar-refractivity contribution in [3.8, 4) is 0 Å². The van der Waals surface area contributed by atoms with Gasteiger partial charge < -0.3 is 0 Å². The van der Waals surface area contributed by atoms with Crippen LogP contribution in [-0.2, 0) is 0 Å². The van der Waals surface area contributed by atoms with Crippen LogP contribution >= 0.6 is 0 Å². The van der Waals surface area contributed by atoms with E-state index in [1.807, 2.05) is 10.7 Å². The zero-order valence-corrected chi connectivity index (χ0v) is 9.73. The number of benzene rings is 1. The molecule has 1 heterocycles. The van der Waals surface area contributed by atoms with Crippen molar-refractivity contribution in [2.75, 3.05) is 0 Å². The summed E-state index contributed by atoms with van der Waals surface area (Å²) in [4.78, 5) is 0. The van der Waals surface area contributed by atoms with Crippen molar-refractivity contribution < 1.29 is 0 Å². The lowest BCUT2D eigenvalue weighted by Gasteiger charge is -2.11. The summed E-state index contributed by atoms with van der Waals surface area (Å²) < 4.78 is 2.00. The molecule has 0 unspecified atom stereocenters. The van der Waals surface area contributed by atoms with Crippen LogP contribution in [-0.4, -0.2) is 15.0 Å². The van der Waals surface area contributed by atoms with Gasteiger partial charge in [0.1, 0.15) is 5.52 Å². The van der Waals surface area contributed by atoms with Crippen LogP contribution in [0.2, 0.25) is 0 Å². The summed E-state index contributed by atoms with van der Waals surface area (Å²) in [6.45, 7) is 8.66. The van der Waals surface area contributed by atoms with E-state index in [0.717, 1.165) is 5.52 Å². The molecule has 3 heteroatoms. The molecule has 0 aliphatic rings. The fourth-order valence-electron chi connectivity index (χ4n) is 1.85. The van der Waals surface area contributed by atoms with Gasteiger partial charge in [-0.1, -0.05) is 31.2 Å². The van der Waals surface area contributed by atoms with Gasteiger partial charge in [-0.05, 0) is 31.4 Å². The highest BCUT2D eigenvalue weighted by atomic mass is 15.4. The van der Waals surface area contributed by atoms with Crippen molar-refractivity contribution in [2.24, 2.45) is 0 Å². The molecular weight excluding hydrogens is 186 g/mol. The molecule has 1 aromatic heterocycles. The lowest BCUT2D eigenvalue weighted by Crippen LogP contribution is -2.05. The number of para-hydroxylation sites is 1. The van der Waals surface area contributed by atoms with E-state index in [9.17, 15) is 0 Å². The summed E-state index contributed by atoms with van der Waals surface area (Å²) in [5, 5.41) is 8.40. The third kappa shape index (κ3) is 1.62. The van der Waals surface area contributed by atoms with E-state index < -0.39 is 0 Å². The third-order valence-electron chi connectivity index (χ3n) is 2.63. The van der Waals surface area contributed by atoms with E-state index in [2.05, 4.69) is 50.1 Å². The van der Waals surface area contributed by atoms with Crippen LogP contribution in [0.5, 0.6) is 0 Å². The second-order valence-electron chi connectivity index (χ2n) is 4.50. The highest BCUT2D eigenvalue weighted by molar-refractivity contribution is 5.78. The van der Waals surface area contributed by atoms with Gasteiger partial charge in [0.05, 0.1) is 5.52 Å². The third-order valence-corrected chi connectivity index (χ3v) is 2.63. The molecule has 0 aliphatic heterocycles. The van der Waals surface area contributed by atoms with E-state index in [1.165, 1.54) is 11.1 Å². The minimum atomic E-state index is 0.356. The first-order valence-electron chi connectivity index (χ1n) is 5.45. The van der Waals surface area contributed by atoms with Crippen LogP contribution in [0.3, 0.4) is 0 Å². The van der Waals surface area contributed by atoms with Gasteiger partial charge in [-0.15, -0.1) is 5.10 Å². The maximum Gasteiger partial charge on any atom is 0.113 e. The van der Waals surface area contributed by atoms with Crippen molar-refractivity contribution in [3.05, 3.63) is 23.8 Å². The van der Waals surface area contributed by atoms with Crippen LogP contribution in [0.15, 0.2) is 18.2 Å². The lowest BCUT2D eigenvalue weighted by molar-refractivity contribution is 0.528. The normalized spacial score (nSPS) is 11.9. The minimum Gasteiger partial charge on any atom is -0.242 e. The van der Waals surface area contributed by atoms with Gasteiger partial charge in [-0.2, -0.15) is 0 Å². The Bertz CT molecular complexity index is 469. The quantitative estimate of drug-likeness (QED) is 0.750. The molecule has 0 spiro atoms. The molecule has 0 aliphatic carbocycles. The van der Waals surface area contributed by atoms with Crippen LogP contribution in [0.1, 0.15) is 45.2 Å². The van der Waals surface area contributed by atoms with Crippen molar-refractivity contribution in [1.82, 2.24) is 15.0 Å². The predicted molar refractivity (Wildman–Crippen MR) is 62.0 cm³/mol. The molecule has 0 atom stereocenters. The van der Waals surface area contributed by atoms with Crippen molar-refractivity contribution in [3.63, 3.8) is 0 Å². The van der Waals surface area contributed by atoms with Gasteiger partial charge in [0, 0.05) is 6.04 Å². The van der Waals surface area contributed by atoms with Gasteiger partial charge in [-0.3, -0.25) is 0 Å². The molecule has 0 N–H and O–H groups in total. The average Bonchev–Trinajstić information content (AvgIpc) is 2.60. The summed E-state index contributed by atoms with van der Waals surface area (Å²) >= 11 is 0. The van der Waals surface area contributed by atoms with Crippen LogP contribution in [0.4, 0.5) is 0 Å². The van der Waals surface area contributed by atoms with Gasteiger partial charge in [-0.25, -0.2) is 4.68 Å². The van der Waals surface area contributed by atoms with Gasteiger partial charge >= 0.3 is 0 Å². The Hall–Kier alpha value is -1.38. The molecule has 15 heavy (non-hydrogen) atoms. The molecule has 0 amide bonds. The molecule has 3 nitrogen and oxygen atoms in total. The van der Waals surface area contributed by atoms with Crippen molar-refractivity contribution in [1.29, 1.82) is 0 Å². The second kappa shape index (κ2) is 3.65. The fourth-order valence-corrected chi connectivity index (χ4v) is 1.85. The number of fused-ring (bicyclic) bond motifs is 1. The second-order valence-corrected chi connectivity index (χ2v) is 4.50. The summed E-state index contributed by atoms with van der Waals surface area (Å²) in [6.07, 6.45) is 0. The predicted octanol–water partition coefficient (Wildman–Crippen LogP) is 3.14. The van der Waals surface area contributed by atoms with Crippen molar-refractivity contribution in [2.45, 2.75) is 39.7 Å². The Morgan fingerprint density at radius 1 is 1.13 bits per heavy atom. The van der Waals surface area contributed by atoms with Gasteiger partial charge in [0.15, 0.2) is 0 Å². The Balaban J connectivity index is 2.75. The largest absolute Gasteiger partial charge is 0.242 e. The minimum absolute atomic E-state index is 0.356. The molecule has 0 fully saturated rings. The van der Waals surface area contributed by atoms with Crippen LogP contribution < -0.4 is 0 Å². The van der Waals surface area contributed by atoms with Crippen molar-refractivity contribution >= 4 is 11.0 Å². The number of hydrogen-bond donors (Lipinski definition) is 0. The molecule has 0 radical (unpaired) electrons. The maximum absolute atomic E-state index is 4.20. The first-order chi connectivity index (χ1) is 7.11. The highest BCUT2D eigenvalue weighted by Crippen LogP contribution is 2.25. The molecule has 2 rings (SSSR count). The lowest BCUT2D eigenvalue weighted by atomic mass is 10.0. The summed E-state index contributed by atoms with van der Waals surface area (Å²) in [6, 6.07) is 6.59. The van der Waals surface area contributed by atoms with E-state index >= 15 is 0 Å². The highest BCUT2D eigenvalue weighted by Gasteiger charge is 2.13. The Morgan fingerprint density at radius 3 is 2.47 bits per heavy atom. The standard InChI is InChI=1S/C12H17N3/c1-8(2)10-6-5-7-11-12(10)15(9(3)4)14-13-11/h5-9H,1-4H3. The number of rotatable bonds is 2. The molecule has 0 saturated heterocycles.